The van der Waals surface area contributed by atoms with E-state index < -0.39 is 242 Å². The van der Waals surface area contributed by atoms with Gasteiger partial charge in [0.25, 0.3) is 0 Å². The highest BCUT2D eigenvalue weighted by molar-refractivity contribution is 5.65. The maximum atomic E-state index is 12.3. The average Bonchev–Trinajstić information content (AvgIpc) is 1.49. The zero-order valence-electron chi connectivity index (χ0n) is 56.6. The van der Waals surface area contributed by atoms with Crippen LogP contribution in [0, 0.1) is 52.3 Å². The van der Waals surface area contributed by atoms with Crippen LogP contribution in [0.15, 0.2) is 0 Å². The molecule has 7 heterocycles. The molecular weight excluding hydrogens is 1340 g/mol. The van der Waals surface area contributed by atoms with Gasteiger partial charge in [0, 0.05) is 19.3 Å². The van der Waals surface area contributed by atoms with Crippen molar-refractivity contribution in [2.24, 2.45) is 52.3 Å². The predicted octanol–water partition coefficient (Wildman–Crippen LogP) is -7.74. The highest BCUT2D eigenvalue weighted by atomic mass is 16.8. The Labute approximate surface area is 577 Å². The standard InChI is InChI=1S/C65H108O35/c1-23(21-88-57-48(81)44(77)39(72)32(16-66)90-57)8-13-65(86)24(2)38-31(100-65)15-30-28-7-6-26-14-27(9-11-63(26,4)29(28)10-12-64(30,38)5)89-58-51(84)47(80)53(36(20-70)94-58)96-62-56(55(43(76)37(95-62)22-87-25(3)71)98-60-50(83)46(79)41(74)34(18-68)92-60)99-61-52(85)54(42(75)35(19-69)93-61)97-59-49(82)45(78)40(73)33(17-67)91-59/h23-24,26-62,66-70,72-86H,6-22H2,1-5H3/t23-,24+,26+,27+,28-,29+,30+,31+,32-,33-,34-,35-,36-,37-,38+,39-,40-,41-,42-,43-,44+,45+,46+,47-,48-,49-,50-,51-,52-,53+,54+,55+,56-,57-,58-,59+,60+,61+,62+,63+,64+,65-/m1/s1. The summed E-state index contributed by atoms with van der Waals surface area (Å²) in [5.41, 5.74) is -0.201. The predicted molar refractivity (Wildman–Crippen MR) is 326 cm³/mol. The van der Waals surface area contributed by atoms with Crippen molar-refractivity contribution in [3.05, 3.63) is 0 Å². The van der Waals surface area contributed by atoms with Crippen LogP contribution in [-0.2, 0) is 71.1 Å². The lowest BCUT2D eigenvalue weighted by Gasteiger charge is -2.61. The van der Waals surface area contributed by atoms with Gasteiger partial charge in [0.1, 0.15) is 153 Å². The number of aliphatic hydroxyl groups excluding tert-OH is 19. The van der Waals surface area contributed by atoms with Crippen molar-refractivity contribution in [1.82, 2.24) is 0 Å². The first-order chi connectivity index (χ1) is 47.4. The number of fused-ring (bicyclic) bond motifs is 7. The van der Waals surface area contributed by atoms with Crippen molar-refractivity contribution in [1.29, 1.82) is 0 Å². The summed E-state index contributed by atoms with van der Waals surface area (Å²) in [7, 11) is 0. The molecule has 0 bridgehead atoms. The molecule has 0 amide bonds. The van der Waals surface area contributed by atoms with E-state index in [2.05, 4.69) is 20.8 Å². The quantitative estimate of drug-likeness (QED) is 0.0334. The van der Waals surface area contributed by atoms with Gasteiger partial charge in [-0.2, -0.15) is 0 Å². The number of rotatable bonds is 23. The van der Waals surface area contributed by atoms with Gasteiger partial charge < -0.3 is 168 Å². The minimum absolute atomic E-state index is 0.0966. The highest BCUT2D eigenvalue weighted by Crippen LogP contribution is 2.71. The SMILES string of the molecule is CC(=O)OC[C@H]1O[C@@H](O[C@@H]2[C@H](O)[C@@H](O)[C@H](O[C@H]3CC[C@@]4(C)[C@@H](CC[C@@H]5[C@@H]4CC[C@]4(C)[C@@H]6[C@H](C[C@@H]54)O[C@](O)(CC[C@@H](C)CO[C@@H]4O[C@H](CO)[C@@H](O)[C@H](O)[C@H]4O)[C@H]6C)C3)O[C@@H]2CO)[C@H](O[C@@H]2O[C@H](CO)[C@@H](O)[C@H](O[C@@H]3O[C@H](CO)[C@@H](O)[C@H](O)[C@H]3O)[C@H]2O)[C@@H](O[C@@H]2O[C@H](CO)[C@@H](O)[C@H](O)[C@H]2O)[C@@H]1O. The van der Waals surface area contributed by atoms with Crippen LogP contribution in [-0.4, -0.2) is 357 Å². The van der Waals surface area contributed by atoms with E-state index >= 15 is 0 Å². The molecule has 0 aromatic heterocycles. The fourth-order valence-corrected chi connectivity index (χ4v) is 18.8. The molecule has 7 aliphatic heterocycles. The van der Waals surface area contributed by atoms with E-state index in [1.165, 1.54) is 0 Å². The summed E-state index contributed by atoms with van der Waals surface area (Å²) in [5, 5.41) is 218. The second-order valence-electron chi connectivity index (χ2n) is 30.5. The monoisotopic (exact) mass is 1450 g/mol. The molecular formula is C65H108O35. The van der Waals surface area contributed by atoms with Crippen LogP contribution >= 0.6 is 0 Å². The Morgan fingerprint density at radius 2 is 0.940 bits per heavy atom. The van der Waals surface area contributed by atoms with E-state index in [4.69, 9.17) is 66.3 Å². The number of carbonyl (C=O) groups excluding carboxylic acids is 1. The molecule has 20 N–H and O–H groups in total. The largest absolute Gasteiger partial charge is 0.463 e. The molecule has 0 radical (unpaired) electrons. The maximum Gasteiger partial charge on any atom is 0.302 e. The number of ether oxygens (including phenoxy) is 14. The Bertz CT molecular complexity index is 2640. The van der Waals surface area contributed by atoms with Crippen LogP contribution in [0.3, 0.4) is 0 Å². The van der Waals surface area contributed by atoms with E-state index in [1.54, 1.807) is 0 Å². The van der Waals surface area contributed by atoms with E-state index in [9.17, 15) is 107 Å². The summed E-state index contributed by atoms with van der Waals surface area (Å²) in [4.78, 5) is 12.3. The highest BCUT2D eigenvalue weighted by Gasteiger charge is 2.69. The van der Waals surface area contributed by atoms with Gasteiger partial charge in [-0.3, -0.25) is 4.79 Å². The Hall–Kier alpha value is -1.85. The van der Waals surface area contributed by atoms with Gasteiger partial charge in [0.05, 0.1) is 51.8 Å². The maximum absolute atomic E-state index is 12.3. The molecule has 35 heteroatoms. The molecule has 578 valence electrons. The minimum atomic E-state index is -2.27. The lowest BCUT2D eigenvalue weighted by molar-refractivity contribution is -0.411. The Kier molecular flexibility index (Phi) is 25.5. The smallest absolute Gasteiger partial charge is 0.302 e. The second kappa shape index (κ2) is 32.1. The number of hydrogen-bond donors (Lipinski definition) is 20. The van der Waals surface area contributed by atoms with Crippen molar-refractivity contribution in [3.8, 4) is 0 Å². The fraction of sp³-hybridized carbons (Fsp3) is 0.985. The molecule has 42 atom stereocenters. The molecule has 0 spiro atoms. The van der Waals surface area contributed by atoms with Crippen LogP contribution in [0.4, 0.5) is 0 Å². The van der Waals surface area contributed by atoms with Crippen LogP contribution in [0.25, 0.3) is 0 Å². The number of aliphatic hydroxyl groups is 20. The van der Waals surface area contributed by atoms with Crippen molar-refractivity contribution in [2.45, 2.75) is 301 Å². The van der Waals surface area contributed by atoms with Crippen molar-refractivity contribution >= 4 is 5.97 Å². The van der Waals surface area contributed by atoms with Gasteiger partial charge in [0.15, 0.2) is 43.5 Å². The molecule has 4 aliphatic carbocycles. The van der Waals surface area contributed by atoms with Gasteiger partial charge in [-0.1, -0.05) is 27.7 Å². The zero-order valence-corrected chi connectivity index (χ0v) is 56.6. The lowest BCUT2D eigenvalue weighted by Crippen LogP contribution is -2.69. The first-order valence-corrected chi connectivity index (χ1v) is 35.3. The summed E-state index contributed by atoms with van der Waals surface area (Å²) in [6.45, 7) is 4.72. The summed E-state index contributed by atoms with van der Waals surface area (Å²) in [5.74, 6) is -1.17. The second-order valence-corrected chi connectivity index (χ2v) is 30.5. The molecule has 0 aromatic carbocycles. The van der Waals surface area contributed by atoms with Crippen molar-refractivity contribution < 1.29 is 173 Å². The number of hydrogen-bond acceptors (Lipinski definition) is 35. The zero-order chi connectivity index (χ0) is 72.5. The fourth-order valence-electron chi connectivity index (χ4n) is 18.8. The summed E-state index contributed by atoms with van der Waals surface area (Å²) >= 11 is 0. The third kappa shape index (κ3) is 15.1. The molecule has 100 heavy (non-hydrogen) atoms. The third-order valence-corrected chi connectivity index (χ3v) is 24.6. The number of carbonyl (C=O) groups is 1. The number of esters is 1. The molecule has 0 aromatic rings. The van der Waals surface area contributed by atoms with Gasteiger partial charge in [0.2, 0.25) is 0 Å². The van der Waals surface area contributed by atoms with E-state index in [0.717, 1.165) is 45.4 Å². The first kappa shape index (κ1) is 79.2. The summed E-state index contributed by atoms with van der Waals surface area (Å²) in [6, 6.07) is 0. The lowest BCUT2D eigenvalue weighted by atomic mass is 9.44. The molecule has 7 saturated heterocycles. The van der Waals surface area contributed by atoms with Crippen LogP contribution in [0.1, 0.15) is 98.8 Å². The van der Waals surface area contributed by atoms with Gasteiger partial charge >= 0.3 is 5.97 Å². The molecule has 0 unspecified atom stereocenters. The topological polar surface area (TPSA) is 551 Å². The minimum Gasteiger partial charge on any atom is -0.463 e. The molecule has 11 aliphatic rings. The molecule has 11 fully saturated rings. The van der Waals surface area contributed by atoms with Gasteiger partial charge in [-0.15, -0.1) is 0 Å². The van der Waals surface area contributed by atoms with Crippen molar-refractivity contribution in [2.75, 3.05) is 46.2 Å². The van der Waals surface area contributed by atoms with E-state index in [0.29, 0.717) is 43.4 Å². The van der Waals surface area contributed by atoms with Crippen LogP contribution in [0.2, 0.25) is 0 Å². The Morgan fingerprint density at radius 3 is 1.52 bits per heavy atom. The normalized spacial score (nSPS) is 53.8. The average molecular weight is 1450 g/mol. The third-order valence-electron chi connectivity index (χ3n) is 24.6. The molecule has 35 nitrogen and oxygen atoms in total. The molecule has 4 saturated carbocycles. The van der Waals surface area contributed by atoms with Gasteiger partial charge in [-0.05, 0) is 104 Å². The first-order valence-electron chi connectivity index (χ1n) is 35.3. The van der Waals surface area contributed by atoms with Crippen LogP contribution < -0.4 is 0 Å². The van der Waals surface area contributed by atoms with E-state index in [1.807, 2.05) is 6.92 Å². The Balaban J connectivity index is 0.760. The summed E-state index contributed by atoms with van der Waals surface area (Å²) < 4.78 is 83.8. The Morgan fingerprint density at radius 1 is 0.470 bits per heavy atom. The summed E-state index contributed by atoms with van der Waals surface area (Å²) in [6.07, 6.45) is -48.9. The van der Waals surface area contributed by atoms with E-state index in [-0.39, 0.29) is 47.2 Å². The van der Waals surface area contributed by atoms with Gasteiger partial charge in [-0.25, -0.2) is 0 Å². The molecule has 11 rings (SSSR count). The van der Waals surface area contributed by atoms with Crippen LogP contribution in [0.5, 0.6) is 0 Å². The van der Waals surface area contributed by atoms with Crippen molar-refractivity contribution in [3.63, 3.8) is 0 Å².